The van der Waals surface area contributed by atoms with E-state index in [9.17, 15) is 14.7 Å². The SMILES string of the molecule is CCCCCCCCCCCCCCCC(CCCOC=O)C(=O)O. The van der Waals surface area contributed by atoms with Crippen molar-refractivity contribution in [2.24, 2.45) is 5.92 Å². The zero-order valence-electron chi connectivity index (χ0n) is 16.3. The molecule has 4 heteroatoms. The molecule has 1 N–H and O–H groups in total. The Labute approximate surface area is 154 Å². The molecule has 0 amide bonds. The van der Waals surface area contributed by atoms with E-state index >= 15 is 0 Å². The maximum atomic E-state index is 11.2. The molecule has 25 heavy (non-hydrogen) atoms. The first-order valence-electron chi connectivity index (χ1n) is 10.5. The summed E-state index contributed by atoms with van der Waals surface area (Å²) in [6, 6.07) is 0. The number of hydrogen-bond donors (Lipinski definition) is 1. The minimum absolute atomic E-state index is 0.289. The van der Waals surface area contributed by atoms with Crippen molar-refractivity contribution >= 4 is 12.4 Å². The first-order valence-corrected chi connectivity index (χ1v) is 10.5. The Bertz CT molecular complexity index is 304. The number of carbonyl (C=O) groups is 2. The average molecular weight is 357 g/mol. The fraction of sp³-hybridized carbons (Fsp3) is 0.905. The van der Waals surface area contributed by atoms with Crippen molar-refractivity contribution in [3.05, 3.63) is 0 Å². The van der Waals surface area contributed by atoms with Crippen molar-refractivity contribution in [3.8, 4) is 0 Å². The summed E-state index contributed by atoms with van der Waals surface area (Å²) in [6.07, 6.45) is 18.9. The summed E-state index contributed by atoms with van der Waals surface area (Å²) in [7, 11) is 0. The first kappa shape index (κ1) is 23.9. The van der Waals surface area contributed by atoms with Crippen LogP contribution >= 0.6 is 0 Å². The second kappa shape index (κ2) is 19.3. The second-order valence-corrected chi connectivity index (χ2v) is 7.18. The van der Waals surface area contributed by atoms with Gasteiger partial charge in [-0.3, -0.25) is 9.59 Å². The van der Waals surface area contributed by atoms with Crippen LogP contribution in [0.1, 0.15) is 110 Å². The predicted octanol–water partition coefficient (Wildman–Crippen LogP) is 6.12. The Hall–Kier alpha value is -1.06. The van der Waals surface area contributed by atoms with Crippen molar-refractivity contribution in [2.75, 3.05) is 6.61 Å². The van der Waals surface area contributed by atoms with Gasteiger partial charge in [-0.2, -0.15) is 0 Å². The lowest BCUT2D eigenvalue weighted by atomic mass is 9.96. The third kappa shape index (κ3) is 17.6. The molecule has 0 spiro atoms. The van der Waals surface area contributed by atoms with E-state index in [-0.39, 0.29) is 5.92 Å². The van der Waals surface area contributed by atoms with Crippen molar-refractivity contribution < 1.29 is 19.4 Å². The van der Waals surface area contributed by atoms with Crippen LogP contribution < -0.4 is 0 Å². The molecule has 0 aromatic carbocycles. The van der Waals surface area contributed by atoms with E-state index in [1.807, 2.05) is 0 Å². The van der Waals surface area contributed by atoms with Crippen LogP contribution in [0.15, 0.2) is 0 Å². The molecule has 0 aliphatic heterocycles. The molecule has 0 saturated heterocycles. The van der Waals surface area contributed by atoms with E-state index in [1.165, 1.54) is 70.6 Å². The van der Waals surface area contributed by atoms with Gasteiger partial charge in [0.1, 0.15) is 0 Å². The quantitative estimate of drug-likeness (QED) is 0.211. The molecule has 0 radical (unpaired) electrons. The number of carboxylic acids is 1. The molecule has 0 aliphatic carbocycles. The molecule has 0 aliphatic rings. The van der Waals surface area contributed by atoms with Gasteiger partial charge in [0.15, 0.2) is 0 Å². The van der Waals surface area contributed by atoms with Crippen molar-refractivity contribution in [3.63, 3.8) is 0 Å². The number of hydrogen-bond acceptors (Lipinski definition) is 3. The monoisotopic (exact) mass is 356 g/mol. The predicted molar refractivity (Wildman–Crippen MR) is 103 cm³/mol. The highest BCUT2D eigenvalue weighted by molar-refractivity contribution is 5.69. The van der Waals surface area contributed by atoms with E-state index in [0.29, 0.717) is 25.9 Å². The molecule has 0 heterocycles. The molecule has 0 bridgehead atoms. The minimum atomic E-state index is -0.718. The molecule has 0 rings (SSSR count). The highest BCUT2D eigenvalue weighted by Gasteiger charge is 2.16. The molecule has 1 atom stereocenters. The Morgan fingerprint density at radius 3 is 1.68 bits per heavy atom. The third-order valence-electron chi connectivity index (χ3n) is 4.89. The van der Waals surface area contributed by atoms with Gasteiger partial charge in [0.05, 0.1) is 12.5 Å². The van der Waals surface area contributed by atoms with Gasteiger partial charge < -0.3 is 9.84 Å². The molecule has 0 saturated carbocycles. The fourth-order valence-electron chi connectivity index (χ4n) is 3.26. The van der Waals surface area contributed by atoms with Crippen LogP contribution in [-0.4, -0.2) is 24.2 Å². The van der Waals surface area contributed by atoms with Crippen LogP contribution in [0.5, 0.6) is 0 Å². The van der Waals surface area contributed by atoms with Gasteiger partial charge in [0.25, 0.3) is 6.47 Å². The standard InChI is InChI=1S/C21H40O4/c1-2-3-4-5-6-7-8-9-10-11-12-13-14-16-20(21(23)24)17-15-18-25-19-22/h19-20H,2-18H2,1H3,(H,23,24). The number of ether oxygens (including phenoxy) is 1. The van der Waals surface area contributed by atoms with Gasteiger partial charge >= 0.3 is 5.97 Å². The van der Waals surface area contributed by atoms with Crippen molar-refractivity contribution in [2.45, 2.75) is 110 Å². The highest BCUT2D eigenvalue weighted by atomic mass is 16.5. The normalized spacial score (nSPS) is 12.0. The maximum Gasteiger partial charge on any atom is 0.306 e. The summed E-state index contributed by atoms with van der Waals surface area (Å²) in [6.45, 7) is 3.00. The van der Waals surface area contributed by atoms with Gasteiger partial charge in [-0.1, -0.05) is 90.4 Å². The van der Waals surface area contributed by atoms with Crippen LogP contribution in [0.4, 0.5) is 0 Å². The number of carboxylic acid groups (broad SMARTS) is 1. The Morgan fingerprint density at radius 1 is 0.800 bits per heavy atom. The Kier molecular flexibility index (Phi) is 18.5. The first-order chi connectivity index (χ1) is 12.2. The zero-order valence-corrected chi connectivity index (χ0v) is 16.3. The molecule has 148 valence electrons. The molecule has 1 unspecified atom stereocenters. The average Bonchev–Trinajstić information content (AvgIpc) is 2.60. The lowest BCUT2D eigenvalue weighted by molar-refractivity contribution is -0.142. The molecular weight excluding hydrogens is 316 g/mol. The Morgan fingerprint density at radius 2 is 1.24 bits per heavy atom. The van der Waals surface area contributed by atoms with Crippen LogP contribution in [0.25, 0.3) is 0 Å². The summed E-state index contributed by atoms with van der Waals surface area (Å²) in [5.41, 5.74) is 0. The number of carbonyl (C=O) groups excluding carboxylic acids is 1. The number of aliphatic carboxylic acids is 1. The maximum absolute atomic E-state index is 11.2. The summed E-state index contributed by atoms with van der Waals surface area (Å²) in [5, 5.41) is 9.21. The van der Waals surface area contributed by atoms with E-state index in [1.54, 1.807) is 0 Å². The summed E-state index contributed by atoms with van der Waals surface area (Å²) in [4.78, 5) is 21.3. The smallest absolute Gasteiger partial charge is 0.306 e. The molecule has 4 nitrogen and oxygen atoms in total. The lowest BCUT2D eigenvalue weighted by Crippen LogP contribution is -2.14. The van der Waals surface area contributed by atoms with Crippen LogP contribution in [-0.2, 0) is 14.3 Å². The Balaban J connectivity index is 3.36. The number of rotatable bonds is 20. The van der Waals surface area contributed by atoms with Crippen molar-refractivity contribution in [1.29, 1.82) is 0 Å². The van der Waals surface area contributed by atoms with Gasteiger partial charge in [0, 0.05) is 0 Å². The molecule has 0 fully saturated rings. The van der Waals surface area contributed by atoms with Gasteiger partial charge in [-0.25, -0.2) is 0 Å². The van der Waals surface area contributed by atoms with Gasteiger partial charge in [-0.15, -0.1) is 0 Å². The lowest BCUT2D eigenvalue weighted by Gasteiger charge is -2.11. The topological polar surface area (TPSA) is 63.6 Å². The number of unbranched alkanes of at least 4 members (excludes halogenated alkanes) is 12. The van der Waals surface area contributed by atoms with Gasteiger partial charge in [0.2, 0.25) is 0 Å². The largest absolute Gasteiger partial charge is 0.481 e. The van der Waals surface area contributed by atoms with Crippen LogP contribution in [0.2, 0.25) is 0 Å². The van der Waals surface area contributed by atoms with E-state index in [2.05, 4.69) is 11.7 Å². The third-order valence-corrected chi connectivity index (χ3v) is 4.89. The molecule has 0 aromatic rings. The van der Waals surface area contributed by atoms with Crippen molar-refractivity contribution in [1.82, 2.24) is 0 Å². The summed E-state index contributed by atoms with van der Waals surface area (Å²) in [5.74, 6) is -1.01. The van der Waals surface area contributed by atoms with Gasteiger partial charge in [-0.05, 0) is 19.3 Å². The highest BCUT2D eigenvalue weighted by Crippen LogP contribution is 2.18. The summed E-state index contributed by atoms with van der Waals surface area (Å²) >= 11 is 0. The van der Waals surface area contributed by atoms with E-state index in [0.717, 1.165) is 19.3 Å². The van der Waals surface area contributed by atoms with Crippen LogP contribution in [0.3, 0.4) is 0 Å². The van der Waals surface area contributed by atoms with E-state index < -0.39 is 5.97 Å². The molecule has 0 aromatic heterocycles. The second-order valence-electron chi connectivity index (χ2n) is 7.18. The molecular formula is C21H40O4. The summed E-state index contributed by atoms with van der Waals surface area (Å²) < 4.78 is 4.61. The zero-order chi connectivity index (χ0) is 18.6. The van der Waals surface area contributed by atoms with E-state index in [4.69, 9.17) is 0 Å². The fourth-order valence-corrected chi connectivity index (χ4v) is 3.26. The minimum Gasteiger partial charge on any atom is -0.481 e. The van der Waals surface area contributed by atoms with Crippen LogP contribution in [0, 0.1) is 5.92 Å².